The Morgan fingerprint density at radius 2 is 1.70 bits per heavy atom. The second-order valence-corrected chi connectivity index (χ2v) is 8.11. The minimum absolute atomic E-state index is 0.00597. The summed E-state index contributed by atoms with van der Waals surface area (Å²) in [5, 5.41) is 14.4. The van der Waals surface area contributed by atoms with Gasteiger partial charge in [0.15, 0.2) is 0 Å². The van der Waals surface area contributed by atoms with Crippen LogP contribution in [0.25, 0.3) is 21.5 Å². The van der Waals surface area contributed by atoms with Crippen LogP contribution in [0.4, 0.5) is 0 Å². The predicted octanol–water partition coefficient (Wildman–Crippen LogP) is 4.79. The molecule has 1 saturated heterocycles. The number of fused-ring (bicyclic) bond motifs is 2. The van der Waals surface area contributed by atoms with Crippen molar-refractivity contribution in [2.24, 2.45) is 0 Å². The molecule has 1 atom stereocenters. The number of phenolic OH excluding ortho intramolecular Hbond substituents is 1. The second kappa shape index (κ2) is 7.02. The van der Waals surface area contributed by atoms with E-state index in [0.717, 1.165) is 33.9 Å². The molecule has 0 spiro atoms. The van der Waals surface area contributed by atoms with E-state index in [2.05, 4.69) is 39.0 Å². The standard InChI is InChI=1S/C23H26O4/c1-23(2,3)15-8-9-19-20(12-15)21(24)17-6-4-5-7-18(17)22(19)26-11-10-25-13-16-14-27-16/h4-9,12,16,24H,10-11,13-14H2,1-3H3. The van der Waals surface area contributed by atoms with E-state index in [-0.39, 0.29) is 11.5 Å². The van der Waals surface area contributed by atoms with Crippen LogP contribution in [-0.2, 0) is 14.9 Å². The molecule has 1 heterocycles. The molecule has 4 rings (SSSR count). The van der Waals surface area contributed by atoms with Crippen LogP contribution in [0.1, 0.15) is 26.3 Å². The third-order valence-corrected chi connectivity index (χ3v) is 4.99. The van der Waals surface area contributed by atoms with Gasteiger partial charge in [-0.05, 0) is 17.0 Å². The van der Waals surface area contributed by atoms with Gasteiger partial charge in [-0.1, -0.05) is 57.2 Å². The minimum Gasteiger partial charge on any atom is -0.507 e. The van der Waals surface area contributed by atoms with Crippen LogP contribution in [0.3, 0.4) is 0 Å². The van der Waals surface area contributed by atoms with Crippen LogP contribution in [-0.4, -0.2) is 37.6 Å². The van der Waals surface area contributed by atoms with Gasteiger partial charge in [-0.25, -0.2) is 0 Å². The van der Waals surface area contributed by atoms with Crippen LogP contribution in [0, 0.1) is 0 Å². The minimum atomic E-state index is 0.00597. The van der Waals surface area contributed by atoms with Crippen LogP contribution < -0.4 is 4.74 Å². The van der Waals surface area contributed by atoms with Crippen molar-refractivity contribution >= 4 is 21.5 Å². The maximum Gasteiger partial charge on any atom is 0.135 e. The van der Waals surface area contributed by atoms with E-state index in [0.29, 0.717) is 25.6 Å². The highest BCUT2D eigenvalue weighted by Crippen LogP contribution is 2.43. The van der Waals surface area contributed by atoms with Crippen molar-refractivity contribution in [3.63, 3.8) is 0 Å². The van der Waals surface area contributed by atoms with Crippen LogP contribution in [0.15, 0.2) is 42.5 Å². The van der Waals surface area contributed by atoms with E-state index < -0.39 is 0 Å². The predicted molar refractivity (Wildman–Crippen MR) is 108 cm³/mol. The summed E-state index contributed by atoms with van der Waals surface area (Å²) in [5.74, 6) is 1.10. The normalized spacial score (nSPS) is 16.8. The Morgan fingerprint density at radius 1 is 1.00 bits per heavy atom. The Bertz CT molecular complexity index is 967. The quantitative estimate of drug-likeness (QED) is 0.387. The molecular weight excluding hydrogens is 340 g/mol. The summed E-state index contributed by atoms with van der Waals surface area (Å²) in [6.45, 7) is 8.90. The Kier molecular flexibility index (Phi) is 4.70. The largest absolute Gasteiger partial charge is 0.507 e. The molecule has 1 unspecified atom stereocenters. The van der Waals surface area contributed by atoms with Gasteiger partial charge in [0, 0.05) is 21.5 Å². The second-order valence-electron chi connectivity index (χ2n) is 8.11. The van der Waals surface area contributed by atoms with Gasteiger partial charge in [0.05, 0.1) is 19.8 Å². The number of benzene rings is 3. The fourth-order valence-electron chi connectivity index (χ4n) is 3.32. The van der Waals surface area contributed by atoms with Gasteiger partial charge in [0.2, 0.25) is 0 Å². The van der Waals surface area contributed by atoms with Crippen molar-refractivity contribution in [3.8, 4) is 11.5 Å². The van der Waals surface area contributed by atoms with Gasteiger partial charge >= 0.3 is 0 Å². The lowest BCUT2D eigenvalue weighted by molar-refractivity contribution is 0.0887. The summed E-state index contributed by atoms with van der Waals surface area (Å²) in [5.41, 5.74) is 1.19. The lowest BCUT2D eigenvalue weighted by Gasteiger charge is -2.21. The topological polar surface area (TPSA) is 51.2 Å². The summed E-state index contributed by atoms with van der Waals surface area (Å²) in [6, 6.07) is 14.1. The first-order chi connectivity index (χ1) is 12.9. The fourth-order valence-corrected chi connectivity index (χ4v) is 3.32. The van der Waals surface area contributed by atoms with Crippen LogP contribution in [0.2, 0.25) is 0 Å². The van der Waals surface area contributed by atoms with Crippen molar-refractivity contribution in [1.29, 1.82) is 0 Å². The van der Waals surface area contributed by atoms with Crippen molar-refractivity contribution in [1.82, 2.24) is 0 Å². The number of hydrogen-bond acceptors (Lipinski definition) is 4. The SMILES string of the molecule is CC(C)(C)c1ccc2c(OCCOCC3CO3)c3ccccc3c(O)c2c1. The van der Waals surface area contributed by atoms with E-state index in [4.69, 9.17) is 14.2 Å². The molecule has 0 radical (unpaired) electrons. The summed E-state index contributed by atoms with van der Waals surface area (Å²) < 4.78 is 16.9. The Hall–Kier alpha value is -2.30. The van der Waals surface area contributed by atoms with Gasteiger partial charge in [0.25, 0.3) is 0 Å². The molecule has 1 aliphatic heterocycles. The van der Waals surface area contributed by atoms with Crippen LogP contribution in [0.5, 0.6) is 11.5 Å². The monoisotopic (exact) mass is 366 g/mol. The number of aromatic hydroxyl groups is 1. The van der Waals surface area contributed by atoms with E-state index in [1.807, 2.05) is 24.3 Å². The molecular formula is C23H26O4. The zero-order valence-corrected chi connectivity index (χ0v) is 16.1. The Balaban J connectivity index is 1.72. The zero-order chi connectivity index (χ0) is 19.0. The molecule has 142 valence electrons. The van der Waals surface area contributed by atoms with E-state index >= 15 is 0 Å². The molecule has 4 nitrogen and oxygen atoms in total. The molecule has 3 aromatic carbocycles. The van der Waals surface area contributed by atoms with Gasteiger partial charge in [-0.3, -0.25) is 0 Å². The number of rotatable bonds is 6. The van der Waals surface area contributed by atoms with Crippen LogP contribution >= 0.6 is 0 Å². The molecule has 3 aromatic rings. The van der Waals surface area contributed by atoms with Crippen molar-refractivity contribution in [3.05, 3.63) is 48.0 Å². The Labute approximate surface area is 159 Å². The first-order valence-corrected chi connectivity index (χ1v) is 9.45. The number of phenols is 1. The molecule has 1 N–H and O–H groups in total. The first kappa shape index (κ1) is 18.1. The highest BCUT2D eigenvalue weighted by molar-refractivity contribution is 6.11. The smallest absolute Gasteiger partial charge is 0.135 e. The fraction of sp³-hybridized carbons (Fsp3) is 0.391. The van der Waals surface area contributed by atoms with Crippen molar-refractivity contribution in [2.45, 2.75) is 32.3 Å². The van der Waals surface area contributed by atoms with Gasteiger partial charge in [-0.2, -0.15) is 0 Å². The van der Waals surface area contributed by atoms with E-state index in [9.17, 15) is 5.11 Å². The van der Waals surface area contributed by atoms with Gasteiger partial charge < -0.3 is 19.3 Å². The summed E-state index contributed by atoms with van der Waals surface area (Å²) in [4.78, 5) is 0. The molecule has 0 aliphatic carbocycles. The Morgan fingerprint density at radius 3 is 2.41 bits per heavy atom. The molecule has 0 aromatic heterocycles. The zero-order valence-electron chi connectivity index (χ0n) is 16.1. The van der Waals surface area contributed by atoms with Gasteiger partial charge in [-0.15, -0.1) is 0 Å². The molecule has 0 amide bonds. The third-order valence-electron chi connectivity index (χ3n) is 4.99. The molecule has 0 bridgehead atoms. The number of hydrogen-bond donors (Lipinski definition) is 1. The maximum absolute atomic E-state index is 10.9. The van der Waals surface area contributed by atoms with Crippen molar-refractivity contribution < 1.29 is 19.3 Å². The molecule has 27 heavy (non-hydrogen) atoms. The highest BCUT2D eigenvalue weighted by atomic mass is 16.6. The third kappa shape index (κ3) is 3.73. The molecule has 1 aliphatic rings. The number of ether oxygens (including phenoxy) is 3. The maximum atomic E-state index is 10.9. The highest BCUT2D eigenvalue weighted by Gasteiger charge is 2.22. The van der Waals surface area contributed by atoms with Gasteiger partial charge in [0.1, 0.15) is 24.2 Å². The summed E-state index contributed by atoms with van der Waals surface area (Å²) >= 11 is 0. The van der Waals surface area contributed by atoms with Crippen molar-refractivity contribution in [2.75, 3.05) is 26.4 Å². The molecule has 4 heteroatoms. The first-order valence-electron chi connectivity index (χ1n) is 9.45. The average Bonchev–Trinajstić information content (AvgIpc) is 3.47. The van der Waals surface area contributed by atoms with E-state index in [1.54, 1.807) is 0 Å². The summed E-state index contributed by atoms with van der Waals surface area (Å²) in [7, 11) is 0. The summed E-state index contributed by atoms with van der Waals surface area (Å²) in [6.07, 6.45) is 0.260. The number of epoxide rings is 1. The molecule has 0 saturated carbocycles. The average molecular weight is 366 g/mol. The lowest BCUT2D eigenvalue weighted by atomic mass is 9.85. The van der Waals surface area contributed by atoms with E-state index in [1.165, 1.54) is 5.56 Å². The lowest BCUT2D eigenvalue weighted by Crippen LogP contribution is -2.11. The molecule has 1 fully saturated rings.